The van der Waals surface area contributed by atoms with E-state index >= 15 is 0 Å². The highest BCUT2D eigenvalue weighted by atomic mass is 16.5. The summed E-state index contributed by atoms with van der Waals surface area (Å²) < 4.78 is 7.29. The first kappa shape index (κ1) is 13.6. The van der Waals surface area contributed by atoms with Crippen molar-refractivity contribution in [2.24, 2.45) is 5.92 Å². The van der Waals surface area contributed by atoms with Crippen LogP contribution in [0.1, 0.15) is 13.8 Å². The smallest absolute Gasteiger partial charge is 0.0992 e. The summed E-state index contributed by atoms with van der Waals surface area (Å²) in [5.41, 5.74) is 2.19. The number of rotatable bonds is 6. The fourth-order valence-electron chi connectivity index (χ4n) is 2.00. The van der Waals surface area contributed by atoms with E-state index in [0.717, 1.165) is 11.4 Å². The molecule has 2 rings (SSSR count). The van der Waals surface area contributed by atoms with Crippen LogP contribution in [0.25, 0.3) is 5.69 Å². The van der Waals surface area contributed by atoms with Crippen molar-refractivity contribution in [3.63, 3.8) is 0 Å². The topological polar surface area (TPSA) is 39.1 Å². The van der Waals surface area contributed by atoms with E-state index in [-0.39, 0.29) is 6.04 Å². The zero-order valence-corrected chi connectivity index (χ0v) is 11.7. The molecule has 0 saturated carbocycles. The molecule has 0 aliphatic carbocycles. The number of nitrogens with zero attached hydrogens (tertiary/aromatic N) is 2. The van der Waals surface area contributed by atoms with Crippen molar-refractivity contribution in [1.29, 1.82) is 0 Å². The predicted molar refractivity (Wildman–Crippen MR) is 77.7 cm³/mol. The Bertz CT molecular complexity index is 494. The minimum atomic E-state index is 0.287. The lowest BCUT2D eigenvalue weighted by Gasteiger charge is -2.24. The molecule has 0 bridgehead atoms. The lowest BCUT2D eigenvalue weighted by atomic mass is 10.0. The van der Waals surface area contributed by atoms with Gasteiger partial charge in [-0.2, -0.15) is 0 Å². The second-order valence-corrected chi connectivity index (χ2v) is 4.94. The van der Waals surface area contributed by atoms with Gasteiger partial charge in [0.25, 0.3) is 0 Å². The molecule has 0 aliphatic rings. The van der Waals surface area contributed by atoms with Gasteiger partial charge in [-0.1, -0.05) is 26.0 Å². The van der Waals surface area contributed by atoms with E-state index in [9.17, 15) is 0 Å². The first-order valence-electron chi connectivity index (χ1n) is 6.55. The Hall–Kier alpha value is -1.81. The molecule has 102 valence electrons. The molecule has 1 N–H and O–H groups in total. The molecule has 4 heteroatoms. The highest BCUT2D eigenvalue weighted by Crippen LogP contribution is 2.22. The third-order valence-electron chi connectivity index (χ3n) is 3.18. The minimum Gasteiger partial charge on any atom is -0.383 e. The molecule has 1 aromatic heterocycles. The van der Waals surface area contributed by atoms with Gasteiger partial charge >= 0.3 is 0 Å². The highest BCUT2D eigenvalue weighted by Gasteiger charge is 2.14. The summed E-state index contributed by atoms with van der Waals surface area (Å²) in [6.45, 7) is 5.07. The van der Waals surface area contributed by atoms with E-state index in [4.69, 9.17) is 4.74 Å². The number of hydrogen-bond acceptors (Lipinski definition) is 3. The van der Waals surface area contributed by atoms with Crippen LogP contribution >= 0.6 is 0 Å². The molecule has 19 heavy (non-hydrogen) atoms. The van der Waals surface area contributed by atoms with E-state index < -0.39 is 0 Å². The van der Waals surface area contributed by atoms with Gasteiger partial charge in [0.15, 0.2) is 0 Å². The second-order valence-electron chi connectivity index (χ2n) is 4.94. The monoisotopic (exact) mass is 259 g/mol. The van der Waals surface area contributed by atoms with Gasteiger partial charge in [-0.15, -0.1) is 0 Å². The summed E-state index contributed by atoms with van der Waals surface area (Å²) in [5.74, 6) is 0.496. The zero-order chi connectivity index (χ0) is 13.7. The van der Waals surface area contributed by atoms with Gasteiger partial charge in [-0.05, 0) is 18.1 Å². The Labute approximate surface area is 114 Å². The molecule has 0 fully saturated rings. The van der Waals surface area contributed by atoms with Crippen molar-refractivity contribution < 1.29 is 4.74 Å². The maximum Gasteiger partial charge on any atom is 0.0992 e. The second kappa shape index (κ2) is 6.38. The van der Waals surface area contributed by atoms with Crippen LogP contribution in [-0.2, 0) is 4.74 Å². The Balaban J connectivity index is 2.25. The van der Waals surface area contributed by atoms with Gasteiger partial charge in [0.05, 0.1) is 30.4 Å². The van der Waals surface area contributed by atoms with E-state index in [0.29, 0.717) is 12.5 Å². The van der Waals surface area contributed by atoms with E-state index in [1.54, 1.807) is 19.6 Å². The Morgan fingerprint density at radius 1 is 1.32 bits per heavy atom. The summed E-state index contributed by atoms with van der Waals surface area (Å²) >= 11 is 0. The van der Waals surface area contributed by atoms with E-state index in [2.05, 4.69) is 36.3 Å². The average molecular weight is 259 g/mol. The van der Waals surface area contributed by atoms with Crippen molar-refractivity contribution in [3.05, 3.63) is 43.0 Å². The number of nitrogens with one attached hydrogen (secondary N) is 1. The summed E-state index contributed by atoms with van der Waals surface area (Å²) in [7, 11) is 1.73. The predicted octanol–water partition coefficient (Wildman–Crippen LogP) is 2.96. The van der Waals surface area contributed by atoms with Gasteiger partial charge in [-0.3, -0.25) is 0 Å². The van der Waals surface area contributed by atoms with E-state index in [1.807, 2.05) is 22.9 Å². The molecule has 2 aromatic rings. The van der Waals surface area contributed by atoms with Crippen molar-refractivity contribution in [1.82, 2.24) is 9.55 Å². The van der Waals surface area contributed by atoms with Crippen LogP contribution in [0.2, 0.25) is 0 Å². The minimum absolute atomic E-state index is 0.287. The molecular formula is C15H21N3O. The molecule has 0 amide bonds. The third kappa shape index (κ3) is 3.35. The van der Waals surface area contributed by atoms with Gasteiger partial charge < -0.3 is 14.6 Å². The van der Waals surface area contributed by atoms with Gasteiger partial charge in [0.1, 0.15) is 0 Å². The van der Waals surface area contributed by atoms with Crippen molar-refractivity contribution in [2.45, 2.75) is 19.9 Å². The Kier molecular flexibility index (Phi) is 4.58. The fourth-order valence-corrected chi connectivity index (χ4v) is 2.00. The third-order valence-corrected chi connectivity index (χ3v) is 3.18. The van der Waals surface area contributed by atoms with Crippen LogP contribution in [0.5, 0.6) is 0 Å². The number of benzene rings is 1. The summed E-state index contributed by atoms with van der Waals surface area (Å²) in [6.07, 6.45) is 5.54. The number of para-hydroxylation sites is 2. The maximum atomic E-state index is 5.29. The highest BCUT2D eigenvalue weighted by molar-refractivity contribution is 5.61. The van der Waals surface area contributed by atoms with Crippen molar-refractivity contribution in [2.75, 3.05) is 19.0 Å². The van der Waals surface area contributed by atoms with Crippen LogP contribution in [0.3, 0.4) is 0 Å². The van der Waals surface area contributed by atoms with E-state index in [1.165, 1.54) is 0 Å². The standard InChI is InChI=1S/C15H21N3O/c1-12(2)14(10-19-3)17-13-6-4-5-7-15(13)18-9-8-16-11-18/h4-9,11-12,14,17H,10H2,1-3H3. The maximum absolute atomic E-state index is 5.29. The molecule has 0 aliphatic heterocycles. The van der Waals surface area contributed by atoms with Crippen molar-refractivity contribution >= 4 is 5.69 Å². The number of methoxy groups -OCH3 is 1. The molecule has 1 aromatic carbocycles. The zero-order valence-electron chi connectivity index (χ0n) is 11.7. The summed E-state index contributed by atoms with van der Waals surface area (Å²) in [4.78, 5) is 4.10. The number of aromatic nitrogens is 2. The van der Waals surface area contributed by atoms with Gasteiger partial charge in [0, 0.05) is 19.5 Å². The van der Waals surface area contributed by atoms with Crippen LogP contribution < -0.4 is 5.32 Å². The number of ether oxygens (including phenoxy) is 1. The number of anilines is 1. The van der Waals surface area contributed by atoms with Gasteiger partial charge in [0.2, 0.25) is 0 Å². The molecule has 1 heterocycles. The van der Waals surface area contributed by atoms with Crippen molar-refractivity contribution in [3.8, 4) is 5.69 Å². The van der Waals surface area contributed by atoms with Crippen LogP contribution in [-0.4, -0.2) is 29.3 Å². The first-order valence-corrected chi connectivity index (χ1v) is 6.55. The summed E-state index contributed by atoms with van der Waals surface area (Å²) in [6, 6.07) is 8.51. The Morgan fingerprint density at radius 2 is 2.11 bits per heavy atom. The Morgan fingerprint density at radius 3 is 2.74 bits per heavy atom. The SMILES string of the molecule is COCC(Nc1ccccc1-n1ccnc1)C(C)C. The van der Waals surface area contributed by atoms with Crippen LogP contribution in [0.4, 0.5) is 5.69 Å². The average Bonchev–Trinajstić information content (AvgIpc) is 2.92. The lowest BCUT2D eigenvalue weighted by Crippen LogP contribution is -2.30. The van der Waals surface area contributed by atoms with Crippen LogP contribution in [0, 0.1) is 5.92 Å². The number of hydrogen-bond donors (Lipinski definition) is 1. The van der Waals surface area contributed by atoms with Crippen LogP contribution in [0.15, 0.2) is 43.0 Å². The molecule has 0 spiro atoms. The number of imidazole rings is 1. The molecule has 1 unspecified atom stereocenters. The molecule has 1 atom stereocenters. The largest absolute Gasteiger partial charge is 0.383 e. The normalized spacial score (nSPS) is 12.6. The molecule has 4 nitrogen and oxygen atoms in total. The summed E-state index contributed by atoms with van der Waals surface area (Å²) in [5, 5.41) is 3.56. The first-order chi connectivity index (χ1) is 9.22. The fraction of sp³-hybridized carbons (Fsp3) is 0.400. The molecular weight excluding hydrogens is 238 g/mol. The lowest BCUT2D eigenvalue weighted by molar-refractivity contribution is 0.171. The molecule has 0 radical (unpaired) electrons. The molecule has 0 saturated heterocycles. The van der Waals surface area contributed by atoms with Gasteiger partial charge in [-0.25, -0.2) is 4.98 Å². The quantitative estimate of drug-likeness (QED) is 0.867.